The van der Waals surface area contributed by atoms with Gasteiger partial charge in [-0.3, -0.25) is 9.59 Å². The van der Waals surface area contributed by atoms with E-state index >= 15 is 0 Å². The Morgan fingerprint density at radius 3 is 2.35 bits per heavy atom. The molecule has 0 saturated heterocycles. The Hall–Kier alpha value is -1.10. The number of rotatable bonds is 8. The highest BCUT2D eigenvalue weighted by Gasteiger charge is 2.54. The van der Waals surface area contributed by atoms with Crippen LogP contribution in [0.15, 0.2) is 0 Å². The van der Waals surface area contributed by atoms with Crippen molar-refractivity contribution in [2.75, 3.05) is 13.2 Å². The molecule has 4 saturated carbocycles. The average Bonchev–Trinajstić information content (AvgIpc) is 2.58. The Labute approximate surface area is 156 Å². The fraction of sp³-hybridized carbons (Fsp3) is 0.905. The molecule has 0 radical (unpaired) electrons. The molecule has 0 amide bonds. The predicted molar refractivity (Wildman–Crippen MR) is 97.2 cm³/mol. The van der Waals surface area contributed by atoms with Gasteiger partial charge in [0.15, 0.2) is 0 Å². The molecular formula is C21H34O5. The molecule has 0 aromatic heterocycles. The predicted octanol–water partition coefficient (Wildman–Crippen LogP) is 3.48. The maximum Gasteiger partial charge on any atom is 0.311 e. The van der Waals surface area contributed by atoms with Crippen molar-refractivity contribution < 1.29 is 24.2 Å². The molecule has 4 fully saturated rings. The topological polar surface area (TPSA) is 72.8 Å². The number of carbonyl (C=O) groups is 2. The standard InChI is InChI=1S/C21H34O5/c1-4-20(2,3)19(24)26-7-5-17(22)25-8-6-21-11-14-9-15(12-21)18(23)16(10-14)13-21/h14-16,18,23H,4-13H2,1-3H3. The van der Waals surface area contributed by atoms with Crippen LogP contribution in [0.1, 0.15) is 72.1 Å². The van der Waals surface area contributed by atoms with Gasteiger partial charge in [-0.1, -0.05) is 6.92 Å². The Morgan fingerprint density at radius 2 is 1.73 bits per heavy atom. The molecule has 5 heteroatoms. The average molecular weight is 366 g/mol. The molecule has 4 aliphatic rings. The second-order valence-electron chi connectivity index (χ2n) is 9.55. The van der Waals surface area contributed by atoms with Crippen LogP contribution in [0.3, 0.4) is 0 Å². The number of hydrogen-bond donors (Lipinski definition) is 1. The lowest BCUT2D eigenvalue weighted by atomic mass is 9.48. The van der Waals surface area contributed by atoms with Crippen molar-refractivity contribution in [2.45, 2.75) is 78.2 Å². The van der Waals surface area contributed by atoms with Crippen molar-refractivity contribution in [3.8, 4) is 0 Å². The molecule has 4 bridgehead atoms. The van der Waals surface area contributed by atoms with Crippen molar-refractivity contribution in [1.82, 2.24) is 0 Å². The minimum absolute atomic E-state index is 0.0880. The van der Waals surface area contributed by atoms with Gasteiger partial charge in [0, 0.05) is 0 Å². The van der Waals surface area contributed by atoms with Gasteiger partial charge < -0.3 is 14.6 Å². The third kappa shape index (κ3) is 4.08. The zero-order chi connectivity index (χ0) is 18.9. The lowest BCUT2D eigenvalue weighted by molar-refractivity contribution is -0.158. The number of esters is 2. The lowest BCUT2D eigenvalue weighted by Crippen LogP contribution is -2.53. The van der Waals surface area contributed by atoms with E-state index in [1.807, 2.05) is 20.8 Å². The smallest absolute Gasteiger partial charge is 0.311 e. The fourth-order valence-corrected chi connectivity index (χ4v) is 5.49. The van der Waals surface area contributed by atoms with Crippen LogP contribution in [0.25, 0.3) is 0 Å². The van der Waals surface area contributed by atoms with Gasteiger partial charge in [-0.15, -0.1) is 0 Å². The van der Waals surface area contributed by atoms with Crippen molar-refractivity contribution in [3.05, 3.63) is 0 Å². The van der Waals surface area contributed by atoms with Crippen molar-refractivity contribution in [1.29, 1.82) is 0 Å². The third-order valence-corrected chi connectivity index (χ3v) is 7.22. The molecule has 0 aliphatic heterocycles. The lowest BCUT2D eigenvalue weighted by Gasteiger charge is -2.59. The zero-order valence-electron chi connectivity index (χ0n) is 16.5. The molecule has 0 spiro atoms. The van der Waals surface area contributed by atoms with E-state index in [-0.39, 0.29) is 36.5 Å². The summed E-state index contributed by atoms with van der Waals surface area (Å²) in [5.41, 5.74) is -0.236. The SMILES string of the molecule is CCC(C)(C)C(=O)OCCC(=O)OCCC12CC3CC(C1)C(O)C(C3)C2. The fourth-order valence-electron chi connectivity index (χ4n) is 5.49. The van der Waals surface area contributed by atoms with E-state index < -0.39 is 5.41 Å². The summed E-state index contributed by atoms with van der Waals surface area (Å²) in [6.07, 6.45) is 7.37. The first kappa shape index (κ1) is 19.7. The first-order valence-corrected chi connectivity index (χ1v) is 10.3. The van der Waals surface area contributed by atoms with E-state index in [0.29, 0.717) is 24.9 Å². The van der Waals surface area contributed by atoms with Gasteiger partial charge in [-0.2, -0.15) is 0 Å². The summed E-state index contributed by atoms with van der Waals surface area (Å²) in [7, 11) is 0. The first-order chi connectivity index (χ1) is 12.2. The summed E-state index contributed by atoms with van der Waals surface area (Å²) < 4.78 is 10.6. The van der Waals surface area contributed by atoms with Gasteiger partial charge >= 0.3 is 11.9 Å². The van der Waals surface area contributed by atoms with E-state index in [2.05, 4.69) is 0 Å². The minimum Gasteiger partial charge on any atom is -0.466 e. The maximum absolute atomic E-state index is 11.9. The van der Waals surface area contributed by atoms with Gasteiger partial charge in [0.1, 0.15) is 6.61 Å². The van der Waals surface area contributed by atoms with E-state index in [1.54, 1.807) is 0 Å². The first-order valence-electron chi connectivity index (χ1n) is 10.3. The Morgan fingerprint density at radius 1 is 1.08 bits per heavy atom. The third-order valence-electron chi connectivity index (χ3n) is 7.22. The highest BCUT2D eigenvalue weighted by atomic mass is 16.5. The van der Waals surface area contributed by atoms with Crippen LogP contribution in [-0.4, -0.2) is 36.4 Å². The van der Waals surface area contributed by atoms with Crippen LogP contribution in [-0.2, 0) is 19.1 Å². The summed E-state index contributed by atoms with van der Waals surface area (Å²) in [5.74, 6) is 1.11. The van der Waals surface area contributed by atoms with Gasteiger partial charge in [0.25, 0.3) is 0 Å². The van der Waals surface area contributed by atoms with Crippen LogP contribution in [0.4, 0.5) is 0 Å². The second-order valence-corrected chi connectivity index (χ2v) is 9.55. The molecule has 4 rings (SSSR count). The van der Waals surface area contributed by atoms with Gasteiger partial charge in [-0.05, 0) is 82.0 Å². The molecule has 2 atom stereocenters. The van der Waals surface area contributed by atoms with E-state index in [1.165, 1.54) is 19.3 Å². The zero-order valence-corrected chi connectivity index (χ0v) is 16.5. The number of ether oxygens (including phenoxy) is 2. The van der Waals surface area contributed by atoms with Crippen LogP contribution < -0.4 is 0 Å². The van der Waals surface area contributed by atoms with E-state index in [0.717, 1.165) is 25.2 Å². The molecule has 5 nitrogen and oxygen atoms in total. The number of aliphatic hydroxyl groups excluding tert-OH is 1. The molecule has 0 heterocycles. The molecule has 4 aliphatic carbocycles. The monoisotopic (exact) mass is 366 g/mol. The molecule has 0 aromatic rings. The Kier molecular flexibility index (Phi) is 5.66. The van der Waals surface area contributed by atoms with Gasteiger partial charge in [0.05, 0.1) is 24.5 Å². The molecule has 1 N–H and O–H groups in total. The van der Waals surface area contributed by atoms with Crippen molar-refractivity contribution in [3.63, 3.8) is 0 Å². The molecule has 2 unspecified atom stereocenters. The summed E-state index contributed by atoms with van der Waals surface area (Å²) in [6.45, 7) is 6.16. The summed E-state index contributed by atoms with van der Waals surface area (Å²) in [4.78, 5) is 23.8. The molecule has 26 heavy (non-hydrogen) atoms. The van der Waals surface area contributed by atoms with E-state index in [4.69, 9.17) is 9.47 Å². The summed E-state index contributed by atoms with van der Waals surface area (Å²) in [5, 5.41) is 10.3. The number of hydrogen-bond acceptors (Lipinski definition) is 5. The van der Waals surface area contributed by atoms with Crippen molar-refractivity contribution >= 4 is 11.9 Å². The van der Waals surface area contributed by atoms with Crippen LogP contribution in [0.2, 0.25) is 0 Å². The van der Waals surface area contributed by atoms with Crippen LogP contribution in [0, 0.1) is 28.6 Å². The van der Waals surface area contributed by atoms with E-state index in [9.17, 15) is 14.7 Å². The maximum atomic E-state index is 11.9. The Bertz CT molecular complexity index is 525. The highest BCUT2D eigenvalue weighted by Crippen LogP contribution is 2.61. The second kappa shape index (κ2) is 7.49. The summed E-state index contributed by atoms with van der Waals surface area (Å²) in [6, 6.07) is 0. The van der Waals surface area contributed by atoms with Crippen molar-refractivity contribution in [2.24, 2.45) is 28.6 Å². The quantitative estimate of drug-likeness (QED) is 0.666. The molecular weight excluding hydrogens is 332 g/mol. The number of carbonyl (C=O) groups excluding carboxylic acids is 2. The number of aliphatic hydroxyl groups is 1. The summed E-state index contributed by atoms with van der Waals surface area (Å²) >= 11 is 0. The molecule has 148 valence electrons. The largest absolute Gasteiger partial charge is 0.466 e. The highest BCUT2D eigenvalue weighted by molar-refractivity contribution is 5.76. The van der Waals surface area contributed by atoms with Gasteiger partial charge in [-0.25, -0.2) is 0 Å². The van der Waals surface area contributed by atoms with Crippen LogP contribution in [0.5, 0.6) is 0 Å². The van der Waals surface area contributed by atoms with Crippen LogP contribution >= 0.6 is 0 Å². The molecule has 0 aromatic carbocycles. The Balaban J connectivity index is 1.36. The van der Waals surface area contributed by atoms with Gasteiger partial charge in [0.2, 0.25) is 0 Å². The minimum atomic E-state index is -0.507. The normalized spacial score (nSPS) is 35.4.